The molecule has 0 radical (unpaired) electrons. The van der Waals surface area contributed by atoms with Crippen molar-refractivity contribution in [2.24, 2.45) is 23.7 Å². The van der Waals surface area contributed by atoms with Gasteiger partial charge in [0.05, 0.1) is 12.2 Å². The van der Waals surface area contributed by atoms with E-state index in [1.807, 2.05) is 12.1 Å². The summed E-state index contributed by atoms with van der Waals surface area (Å²) in [4.78, 5) is 0. The van der Waals surface area contributed by atoms with Crippen molar-refractivity contribution in [1.82, 2.24) is 0 Å². The number of aliphatic hydroxyl groups is 2. The highest BCUT2D eigenvalue weighted by Gasteiger charge is 2.48. The van der Waals surface area contributed by atoms with Gasteiger partial charge in [-0.3, -0.25) is 0 Å². The Balaban J connectivity index is 1.55. The maximum Gasteiger partial charge on any atom is 0.0836 e. The van der Waals surface area contributed by atoms with Crippen molar-refractivity contribution in [2.75, 3.05) is 0 Å². The van der Waals surface area contributed by atoms with Crippen molar-refractivity contribution in [2.45, 2.75) is 37.9 Å². The van der Waals surface area contributed by atoms with Gasteiger partial charge in [-0.25, -0.2) is 0 Å². The molecule has 0 saturated heterocycles. The number of aliphatic hydroxyl groups excluding tert-OH is 2. The van der Waals surface area contributed by atoms with E-state index in [0.717, 1.165) is 25.7 Å². The molecule has 0 unspecified atom stereocenters. The Bertz CT molecular complexity index is 1080. The van der Waals surface area contributed by atoms with E-state index in [1.54, 1.807) is 0 Å². The standard InChI is InChI=1S/C34H36O2/c35-33-31(23-27-17-9-3-10-18-27)29(21-25-13-5-1-6-14-25)30(22-26-15-7-2-8-16-26)32(34(33)36)24-28-19-11-4-12-20-28/h1-20,29-36H,21-24H2/t29-,30-,31+,32+,33-,34+/m1/s1. The van der Waals surface area contributed by atoms with E-state index in [1.165, 1.54) is 22.3 Å². The van der Waals surface area contributed by atoms with Crippen molar-refractivity contribution in [3.8, 4) is 0 Å². The molecule has 6 atom stereocenters. The molecule has 1 aliphatic rings. The summed E-state index contributed by atoms with van der Waals surface area (Å²) in [5.74, 6) is 0.423. The summed E-state index contributed by atoms with van der Waals surface area (Å²) < 4.78 is 0. The average Bonchev–Trinajstić information content (AvgIpc) is 2.93. The van der Waals surface area contributed by atoms with Gasteiger partial charge in [0.15, 0.2) is 0 Å². The quantitative estimate of drug-likeness (QED) is 0.320. The second kappa shape index (κ2) is 11.7. The topological polar surface area (TPSA) is 40.5 Å². The van der Waals surface area contributed by atoms with Crippen molar-refractivity contribution < 1.29 is 10.2 Å². The lowest BCUT2D eigenvalue weighted by Crippen LogP contribution is -2.55. The Morgan fingerprint density at radius 1 is 0.333 bits per heavy atom. The molecule has 184 valence electrons. The molecule has 2 heteroatoms. The van der Waals surface area contributed by atoms with E-state index < -0.39 is 12.2 Å². The third kappa shape index (κ3) is 5.78. The Kier molecular flexibility index (Phi) is 7.95. The van der Waals surface area contributed by atoms with E-state index in [4.69, 9.17) is 0 Å². The van der Waals surface area contributed by atoms with Crippen LogP contribution in [0.25, 0.3) is 0 Å². The van der Waals surface area contributed by atoms with Crippen LogP contribution in [0.4, 0.5) is 0 Å². The van der Waals surface area contributed by atoms with Crippen LogP contribution in [-0.4, -0.2) is 22.4 Å². The van der Waals surface area contributed by atoms with Gasteiger partial charge in [-0.2, -0.15) is 0 Å². The molecule has 0 aliphatic heterocycles. The molecule has 0 heterocycles. The summed E-state index contributed by atoms with van der Waals surface area (Å²) in [6, 6.07) is 42.2. The van der Waals surface area contributed by atoms with Gasteiger partial charge in [-0.05, 0) is 71.6 Å². The van der Waals surface area contributed by atoms with Gasteiger partial charge in [0, 0.05) is 0 Å². The fourth-order valence-electron chi connectivity index (χ4n) is 6.34. The van der Waals surface area contributed by atoms with Crippen molar-refractivity contribution in [3.05, 3.63) is 144 Å². The number of hydrogen-bond donors (Lipinski definition) is 2. The van der Waals surface area contributed by atoms with Crippen LogP contribution in [-0.2, 0) is 25.7 Å². The highest BCUT2D eigenvalue weighted by molar-refractivity contribution is 5.23. The zero-order valence-corrected chi connectivity index (χ0v) is 20.7. The van der Waals surface area contributed by atoms with Crippen LogP contribution in [0, 0.1) is 23.7 Å². The van der Waals surface area contributed by atoms with Crippen molar-refractivity contribution >= 4 is 0 Å². The summed E-state index contributed by atoms with van der Waals surface area (Å²) in [7, 11) is 0. The third-order valence-electron chi connectivity index (χ3n) is 8.13. The first-order valence-electron chi connectivity index (χ1n) is 13.2. The predicted octanol–water partition coefficient (Wildman–Crippen LogP) is 6.16. The molecule has 2 N–H and O–H groups in total. The Labute approximate surface area is 215 Å². The van der Waals surface area contributed by atoms with E-state index in [2.05, 4.69) is 109 Å². The van der Waals surface area contributed by atoms with Crippen LogP contribution in [0.2, 0.25) is 0 Å². The summed E-state index contributed by atoms with van der Waals surface area (Å²) in [6.45, 7) is 0. The van der Waals surface area contributed by atoms with Gasteiger partial charge in [0.25, 0.3) is 0 Å². The van der Waals surface area contributed by atoms with Gasteiger partial charge < -0.3 is 10.2 Å². The van der Waals surface area contributed by atoms with Gasteiger partial charge >= 0.3 is 0 Å². The predicted molar refractivity (Wildman–Crippen MR) is 147 cm³/mol. The summed E-state index contributed by atoms with van der Waals surface area (Å²) in [5, 5.41) is 23.3. The van der Waals surface area contributed by atoms with Gasteiger partial charge in [-0.1, -0.05) is 121 Å². The molecule has 0 bridgehead atoms. The lowest BCUT2D eigenvalue weighted by Gasteiger charge is -2.49. The Morgan fingerprint density at radius 3 is 0.806 bits per heavy atom. The first kappa shape index (κ1) is 24.5. The van der Waals surface area contributed by atoms with E-state index in [9.17, 15) is 10.2 Å². The average molecular weight is 477 g/mol. The fraction of sp³-hybridized carbons (Fsp3) is 0.294. The normalized spacial score (nSPS) is 25.9. The first-order valence-corrected chi connectivity index (χ1v) is 13.2. The van der Waals surface area contributed by atoms with Crippen LogP contribution in [0.3, 0.4) is 0 Å². The largest absolute Gasteiger partial charge is 0.390 e. The number of benzene rings is 4. The van der Waals surface area contributed by atoms with Crippen LogP contribution in [0.1, 0.15) is 22.3 Å². The minimum atomic E-state index is -0.764. The molecule has 4 aromatic carbocycles. The van der Waals surface area contributed by atoms with Crippen LogP contribution in [0.15, 0.2) is 121 Å². The smallest absolute Gasteiger partial charge is 0.0836 e. The van der Waals surface area contributed by atoms with Crippen LogP contribution >= 0.6 is 0 Å². The van der Waals surface area contributed by atoms with Crippen molar-refractivity contribution in [3.63, 3.8) is 0 Å². The molecule has 36 heavy (non-hydrogen) atoms. The lowest BCUT2D eigenvalue weighted by atomic mass is 9.58. The van der Waals surface area contributed by atoms with Crippen LogP contribution in [0.5, 0.6) is 0 Å². The minimum absolute atomic E-state index is 0.0247. The molecule has 2 nitrogen and oxygen atoms in total. The molecule has 1 fully saturated rings. The molecule has 1 aliphatic carbocycles. The molecule has 5 rings (SSSR count). The lowest BCUT2D eigenvalue weighted by molar-refractivity contribution is -0.126. The maximum atomic E-state index is 11.6. The molecule has 0 aromatic heterocycles. The number of hydrogen-bond acceptors (Lipinski definition) is 2. The maximum absolute atomic E-state index is 11.6. The minimum Gasteiger partial charge on any atom is -0.390 e. The second-order valence-corrected chi connectivity index (χ2v) is 10.4. The zero-order chi connectivity index (χ0) is 24.7. The molecule has 4 aromatic rings. The Morgan fingerprint density at radius 2 is 0.556 bits per heavy atom. The first-order chi connectivity index (χ1) is 17.7. The fourth-order valence-corrected chi connectivity index (χ4v) is 6.34. The highest BCUT2D eigenvalue weighted by Crippen LogP contribution is 2.45. The van der Waals surface area contributed by atoms with Gasteiger partial charge in [0.1, 0.15) is 0 Å². The number of rotatable bonds is 8. The molecular formula is C34H36O2. The Hall–Kier alpha value is -3.20. The molecule has 1 saturated carbocycles. The van der Waals surface area contributed by atoms with Gasteiger partial charge in [-0.15, -0.1) is 0 Å². The molecule has 0 spiro atoms. The van der Waals surface area contributed by atoms with E-state index in [0.29, 0.717) is 0 Å². The molecule has 0 amide bonds. The van der Waals surface area contributed by atoms with Gasteiger partial charge in [0.2, 0.25) is 0 Å². The van der Waals surface area contributed by atoms with E-state index >= 15 is 0 Å². The van der Waals surface area contributed by atoms with Crippen LogP contribution < -0.4 is 0 Å². The third-order valence-corrected chi connectivity index (χ3v) is 8.13. The van der Waals surface area contributed by atoms with E-state index in [-0.39, 0.29) is 23.7 Å². The summed E-state index contributed by atoms with van der Waals surface area (Å²) in [5.41, 5.74) is 5.01. The highest BCUT2D eigenvalue weighted by atomic mass is 16.3. The summed E-state index contributed by atoms with van der Waals surface area (Å²) >= 11 is 0. The van der Waals surface area contributed by atoms with Crippen molar-refractivity contribution in [1.29, 1.82) is 0 Å². The zero-order valence-electron chi connectivity index (χ0n) is 20.7. The summed E-state index contributed by atoms with van der Waals surface area (Å²) in [6.07, 6.45) is 1.79. The second-order valence-electron chi connectivity index (χ2n) is 10.4. The monoisotopic (exact) mass is 476 g/mol. The molecular weight excluding hydrogens is 440 g/mol. The SMILES string of the molecule is O[C@@H]1[C@H](O)[C@@H](Cc2ccccc2)[C@H](Cc2ccccc2)[C@@H](Cc2ccccc2)[C@@H]1Cc1ccccc1.